The quantitative estimate of drug-likeness (QED) is 0.895. The fraction of sp³-hybridized carbons (Fsp3) is 0.421. The van der Waals surface area contributed by atoms with Crippen LogP contribution in [0.3, 0.4) is 0 Å². The van der Waals surface area contributed by atoms with E-state index < -0.39 is 11.7 Å². The molecule has 1 aliphatic rings. The normalized spacial score (nSPS) is 14.2. The zero-order valence-corrected chi connectivity index (χ0v) is 15.8. The van der Waals surface area contributed by atoms with Crippen molar-refractivity contribution in [3.05, 3.63) is 35.7 Å². The van der Waals surface area contributed by atoms with E-state index in [1.807, 2.05) is 36.9 Å². The van der Waals surface area contributed by atoms with Crippen LogP contribution in [0.15, 0.2) is 24.4 Å². The zero-order valence-electron chi connectivity index (χ0n) is 15.8. The highest BCUT2D eigenvalue weighted by molar-refractivity contribution is 6.05. The maximum absolute atomic E-state index is 12.9. The first-order valence-electron chi connectivity index (χ1n) is 8.59. The number of rotatable bonds is 2. The number of amides is 2. The number of hydrogen-bond acceptors (Lipinski definition) is 5. The van der Waals surface area contributed by atoms with Gasteiger partial charge in [0.2, 0.25) is 0 Å². The SMILES string of the molecule is CNc1cc(-c2cc3c(n2C)CCN(C(=O)OC(C)(C)C)C3=O)ccn1. The van der Waals surface area contributed by atoms with E-state index in [4.69, 9.17) is 4.74 Å². The molecule has 0 unspecified atom stereocenters. The number of nitrogens with zero attached hydrogens (tertiary/aromatic N) is 3. The summed E-state index contributed by atoms with van der Waals surface area (Å²) >= 11 is 0. The van der Waals surface area contributed by atoms with Crippen molar-refractivity contribution in [1.29, 1.82) is 0 Å². The Balaban J connectivity index is 1.94. The van der Waals surface area contributed by atoms with Crippen LogP contribution in [-0.2, 0) is 18.2 Å². The van der Waals surface area contributed by atoms with Gasteiger partial charge in [-0.1, -0.05) is 0 Å². The van der Waals surface area contributed by atoms with Crippen molar-refractivity contribution in [3.63, 3.8) is 0 Å². The van der Waals surface area contributed by atoms with Crippen molar-refractivity contribution in [3.8, 4) is 11.3 Å². The van der Waals surface area contributed by atoms with Gasteiger partial charge in [-0.15, -0.1) is 0 Å². The van der Waals surface area contributed by atoms with Crippen molar-refractivity contribution < 1.29 is 14.3 Å². The summed E-state index contributed by atoms with van der Waals surface area (Å²) < 4.78 is 7.37. The maximum Gasteiger partial charge on any atom is 0.417 e. The molecule has 1 N–H and O–H groups in total. The molecule has 2 aromatic heterocycles. The highest BCUT2D eigenvalue weighted by atomic mass is 16.6. The van der Waals surface area contributed by atoms with Crippen LogP contribution in [0.5, 0.6) is 0 Å². The molecular weight excluding hydrogens is 332 g/mol. The summed E-state index contributed by atoms with van der Waals surface area (Å²) in [6.45, 7) is 5.67. The Labute approximate surface area is 153 Å². The van der Waals surface area contributed by atoms with E-state index in [1.54, 1.807) is 27.0 Å². The van der Waals surface area contributed by atoms with Gasteiger partial charge in [-0.25, -0.2) is 14.7 Å². The molecule has 0 saturated heterocycles. The minimum absolute atomic E-state index is 0.315. The number of pyridine rings is 1. The second kappa shape index (κ2) is 6.48. The van der Waals surface area contributed by atoms with Gasteiger partial charge in [0.15, 0.2) is 0 Å². The molecule has 0 saturated carbocycles. The highest BCUT2D eigenvalue weighted by Gasteiger charge is 2.34. The predicted octanol–water partition coefficient (Wildman–Crippen LogP) is 3.06. The number of imide groups is 1. The molecule has 3 heterocycles. The van der Waals surface area contributed by atoms with E-state index in [0.29, 0.717) is 18.5 Å². The summed E-state index contributed by atoms with van der Waals surface area (Å²) in [7, 11) is 3.74. The van der Waals surface area contributed by atoms with Crippen LogP contribution in [0.25, 0.3) is 11.3 Å². The third-order valence-electron chi connectivity index (χ3n) is 4.33. The smallest absolute Gasteiger partial charge is 0.417 e. The summed E-state index contributed by atoms with van der Waals surface area (Å²) in [6.07, 6.45) is 1.72. The van der Waals surface area contributed by atoms with Gasteiger partial charge in [-0.05, 0) is 39.0 Å². The average Bonchev–Trinajstić information content (AvgIpc) is 2.91. The number of anilines is 1. The third kappa shape index (κ3) is 3.29. The second-order valence-electron chi connectivity index (χ2n) is 7.32. The molecule has 0 bridgehead atoms. The molecule has 0 atom stereocenters. The first kappa shape index (κ1) is 18.0. The molecule has 26 heavy (non-hydrogen) atoms. The van der Waals surface area contributed by atoms with Crippen LogP contribution in [-0.4, -0.2) is 45.6 Å². The lowest BCUT2D eigenvalue weighted by molar-refractivity contribution is 0.0232. The first-order chi connectivity index (χ1) is 12.2. The standard InChI is InChI=1S/C19H24N4O3/c1-19(2,3)26-18(25)23-9-7-14-13(17(23)24)11-15(22(14)5)12-6-8-21-16(10-12)20-4/h6,8,10-11H,7,9H2,1-5H3,(H,20,21). The van der Waals surface area contributed by atoms with Crippen molar-refractivity contribution in [2.45, 2.75) is 32.8 Å². The lowest BCUT2D eigenvalue weighted by Gasteiger charge is -2.28. The summed E-state index contributed by atoms with van der Waals surface area (Å²) in [4.78, 5) is 30.6. The zero-order chi connectivity index (χ0) is 19.1. The van der Waals surface area contributed by atoms with E-state index >= 15 is 0 Å². The molecule has 0 aromatic carbocycles. The maximum atomic E-state index is 12.9. The monoisotopic (exact) mass is 356 g/mol. The van der Waals surface area contributed by atoms with Crippen LogP contribution in [0, 0.1) is 0 Å². The molecule has 0 spiro atoms. The summed E-state index contributed by atoms with van der Waals surface area (Å²) in [6, 6.07) is 5.66. The second-order valence-corrected chi connectivity index (χ2v) is 7.32. The fourth-order valence-corrected chi connectivity index (χ4v) is 3.09. The largest absolute Gasteiger partial charge is 0.443 e. The molecule has 0 aliphatic carbocycles. The van der Waals surface area contributed by atoms with E-state index in [9.17, 15) is 9.59 Å². The summed E-state index contributed by atoms with van der Waals surface area (Å²) in [5.74, 6) is 0.439. The van der Waals surface area contributed by atoms with Gasteiger partial charge in [0.05, 0.1) is 5.56 Å². The number of aromatic nitrogens is 2. The third-order valence-corrected chi connectivity index (χ3v) is 4.33. The van der Waals surface area contributed by atoms with Crippen LogP contribution in [0.2, 0.25) is 0 Å². The lowest BCUT2D eigenvalue weighted by atomic mass is 10.1. The van der Waals surface area contributed by atoms with Crippen LogP contribution < -0.4 is 5.32 Å². The molecule has 1 aliphatic heterocycles. The van der Waals surface area contributed by atoms with Crippen LogP contribution in [0.1, 0.15) is 36.8 Å². The van der Waals surface area contributed by atoms with Gasteiger partial charge in [0, 0.05) is 50.2 Å². The number of hydrogen-bond donors (Lipinski definition) is 1. The van der Waals surface area contributed by atoms with Crippen molar-refractivity contribution >= 4 is 17.8 Å². The summed E-state index contributed by atoms with van der Waals surface area (Å²) in [5.41, 5.74) is 2.70. The van der Waals surface area contributed by atoms with Gasteiger partial charge < -0.3 is 14.6 Å². The van der Waals surface area contributed by atoms with Gasteiger partial charge in [0.25, 0.3) is 5.91 Å². The number of carbonyl (C=O) groups is 2. The van der Waals surface area contributed by atoms with Gasteiger partial charge in [0.1, 0.15) is 11.4 Å². The number of nitrogens with one attached hydrogen (secondary N) is 1. The fourth-order valence-electron chi connectivity index (χ4n) is 3.09. The Morgan fingerprint density at radius 1 is 1.31 bits per heavy atom. The Morgan fingerprint density at radius 2 is 2.04 bits per heavy atom. The van der Waals surface area contributed by atoms with Crippen molar-refractivity contribution in [1.82, 2.24) is 14.5 Å². The lowest BCUT2D eigenvalue weighted by Crippen LogP contribution is -2.44. The Hall–Kier alpha value is -2.83. The Kier molecular flexibility index (Phi) is 4.48. The van der Waals surface area contributed by atoms with Gasteiger partial charge in [-0.2, -0.15) is 0 Å². The number of ether oxygens (including phenoxy) is 1. The number of fused-ring (bicyclic) bond motifs is 1. The molecule has 3 rings (SSSR count). The predicted molar refractivity (Wildman–Crippen MR) is 99.2 cm³/mol. The van der Waals surface area contributed by atoms with Crippen molar-refractivity contribution in [2.75, 3.05) is 18.9 Å². The number of carbonyl (C=O) groups excluding carboxylic acids is 2. The molecule has 0 radical (unpaired) electrons. The molecule has 0 fully saturated rings. The Morgan fingerprint density at radius 3 is 2.69 bits per heavy atom. The topological polar surface area (TPSA) is 76.5 Å². The van der Waals surface area contributed by atoms with E-state index in [1.165, 1.54) is 4.90 Å². The molecule has 138 valence electrons. The molecule has 7 heteroatoms. The van der Waals surface area contributed by atoms with Crippen LogP contribution >= 0.6 is 0 Å². The van der Waals surface area contributed by atoms with E-state index in [2.05, 4.69) is 10.3 Å². The minimum atomic E-state index is -0.639. The summed E-state index contributed by atoms with van der Waals surface area (Å²) in [5, 5.41) is 3.01. The minimum Gasteiger partial charge on any atom is -0.443 e. The Bertz CT molecular complexity index is 864. The molecule has 2 aromatic rings. The molecular formula is C19H24N4O3. The van der Waals surface area contributed by atoms with E-state index in [-0.39, 0.29) is 5.91 Å². The van der Waals surface area contributed by atoms with Gasteiger partial charge in [-0.3, -0.25) is 4.79 Å². The average molecular weight is 356 g/mol. The van der Waals surface area contributed by atoms with Gasteiger partial charge >= 0.3 is 6.09 Å². The highest BCUT2D eigenvalue weighted by Crippen LogP contribution is 2.30. The molecule has 2 amide bonds. The molecule has 7 nitrogen and oxygen atoms in total. The van der Waals surface area contributed by atoms with Crippen LogP contribution in [0.4, 0.5) is 10.6 Å². The first-order valence-corrected chi connectivity index (χ1v) is 8.59. The van der Waals surface area contributed by atoms with Crippen molar-refractivity contribution in [2.24, 2.45) is 7.05 Å². The van der Waals surface area contributed by atoms with E-state index in [0.717, 1.165) is 22.8 Å².